The number of rotatable bonds is 1. The molecule has 0 bridgehead atoms. The van der Waals surface area contributed by atoms with Gasteiger partial charge in [0.25, 0.3) is 0 Å². The lowest BCUT2D eigenvalue weighted by molar-refractivity contribution is 0.0270. The van der Waals surface area contributed by atoms with Crippen LogP contribution in [-0.2, 0) is 4.74 Å². The van der Waals surface area contributed by atoms with Crippen molar-refractivity contribution in [1.82, 2.24) is 4.90 Å². The molecule has 0 aromatic carbocycles. The Kier molecular flexibility index (Phi) is 2.67. The third kappa shape index (κ3) is 2.30. The SMILES string of the molecule is CC(C)(C)OC(=O)N1C[C@@H]2C(/C(N)=N/O)[C@@H]2C1. The van der Waals surface area contributed by atoms with Gasteiger partial charge >= 0.3 is 6.09 Å². The average molecular weight is 241 g/mol. The second-order valence-corrected chi connectivity index (χ2v) is 5.76. The molecular weight excluding hydrogens is 222 g/mol. The molecule has 1 saturated carbocycles. The largest absolute Gasteiger partial charge is 0.444 e. The van der Waals surface area contributed by atoms with E-state index < -0.39 is 5.60 Å². The minimum absolute atomic E-state index is 0.138. The molecule has 0 radical (unpaired) electrons. The molecular formula is C11H19N3O3. The zero-order valence-corrected chi connectivity index (χ0v) is 10.4. The van der Waals surface area contributed by atoms with Crippen LogP contribution in [0.1, 0.15) is 20.8 Å². The Labute approximate surface area is 100 Å². The standard InChI is InChI=1S/C11H19N3O3/c1-11(2,3)17-10(15)14-4-6-7(5-14)8(6)9(12)13-16/h6-8,16H,4-5H2,1-3H3,(H2,12,13)/t6-,7+,8?. The number of ether oxygens (including phenoxy) is 1. The van der Waals surface area contributed by atoms with Gasteiger partial charge in [0.2, 0.25) is 0 Å². The smallest absolute Gasteiger partial charge is 0.410 e. The van der Waals surface area contributed by atoms with Crippen LogP contribution < -0.4 is 5.73 Å². The van der Waals surface area contributed by atoms with Crippen molar-refractivity contribution in [2.75, 3.05) is 13.1 Å². The number of piperidine rings is 1. The second-order valence-electron chi connectivity index (χ2n) is 5.76. The molecule has 17 heavy (non-hydrogen) atoms. The molecule has 0 aromatic heterocycles. The molecule has 1 unspecified atom stereocenters. The zero-order valence-electron chi connectivity index (χ0n) is 10.4. The fourth-order valence-corrected chi connectivity index (χ4v) is 2.51. The first-order valence-corrected chi connectivity index (χ1v) is 5.79. The summed E-state index contributed by atoms with van der Waals surface area (Å²) in [4.78, 5) is 13.5. The van der Waals surface area contributed by atoms with Gasteiger partial charge in [0.1, 0.15) is 11.4 Å². The van der Waals surface area contributed by atoms with Crippen LogP contribution in [-0.4, -0.2) is 40.7 Å². The quantitative estimate of drug-likeness (QED) is 0.308. The minimum atomic E-state index is -0.463. The van der Waals surface area contributed by atoms with E-state index in [9.17, 15) is 4.79 Å². The number of nitrogens with two attached hydrogens (primary N) is 1. The molecule has 0 aromatic rings. The van der Waals surface area contributed by atoms with Crippen LogP contribution in [0.3, 0.4) is 0 Å². The molecule has 1 aliphatic carbocycles. The molecule has 1 heterocycles. The van der Waals surface area contributed by atoms with E-state index in [-0.39, 0.29) is 17.8 Å². The number of carbonyl (C=O) groups excluding carboxylic acids is 1. The summed E-state index contributed by atoms with van der Waals surface area (Å²) >= 11 is 0. The van der Waals surface area contributed by atoms with Gasteiger partial charge in [0.05, 0.1) is 0 Å². The first-order chi connectivity index (χ1) is 7.83. The van der Waals surface area contributed by atoms with E-state index in [2.05, 4.69) is 5.16 Å². The van der Waals surface area contributed by atoms with E-state index in [0.717, 1.165) is 0 Å². The summed E-state index contributed by atoms with van der Waals surface area (Å²) < 4.78 is 5.29. The van der Waals surface area contributed by atoms with E-state index in [1.165, 1.54) is 0 Å². The first kappa shape index (κ1) is 12.0. The monoisotopic (exact) mass is 241 g/mol. The fourth-order valence-electron chi connectivity index (χ4n) is 2.51. The number of amides is 1. The van der Waals surface area contributed by atoms with Gasteiger partial charge in [-0.15, -0.1) is 0 Å². The number of nitrogens with zero attached hydrogens (tertiary/aromatic N) is 2. The van der Waals surface area contributed by atoms with Crippen molar-refractivity contribution < 1.29 is 14.7 Å². The predicted molar refractivity (Wildman–Crippen MR) is 61.7 cm³/mol. The zero-order chi connectivity index (χ0) is 12.8. The third-order valence-corrected chi connectivity index (χ3v) is 3.30. The highest BCUT2D eigenvalue weighted by Gasteiger charge is 2.59. The van der Waals surface area contributed by atoms with Crippen molar-refractivity contribution in [2.24, 2.45) is 28.6 Å². The normalized spacial score (nSPS) is 32.3. The molecule has 2 rings (SSSR count). The maximum atomic E-state index is 11.8. The third-order valence-electron chi connectivity index (χ3n) is 3.30. The van der Waals surface area contributed by atoms with Gasteiger partial charge in [-0.1, -0.05) is 5.16 Å². The number of carbonyl (C=O) groups is 1. The Morgan fingerprint density at radius 3 is 2.35 bits per heavy atom. The Hall–Kier alpha value is -1.46. The molecule has 0 spiro atoms. The van der Waals surface area contributed by atoms with E-state index in [1.54, 1.807) is 4.90 Å². The van der Waals surface area contributed by atoms with Crippen LogP contribution in [0.25, 0.3) is 0 Å². The van der Waals surface area contributed by atoms with Crippen molar-refractivity contribution in [3.8, 4) is 0 Å². The van der Waals surface area contributed by atoms with Crippen molar-refractivity contribution in [1.29, 1.82) is 0 Å². The fraction of sp³-hybridized carbons (Fsp3) is 0.818. The van der Waals surface area contributed by atoms with Crippen LogP contribution >= 0.6 is 0 Å². The Bertz CT molecular complexity index is 349. The summed E-state index contributed by atoms with van der Waals surface area (Å²) in [7, 11) is 0. The van der Waals surface area contributed by atoms with Crippen molar-refractivity contribution in [2.45, 2.75) is 26.4 Å². The van der Waals surface area contributed by atoms with Crippen LogP contribution in [0.15, 0.2) is 5.16 Å². The molecule has 1 saturated heterocycles. The van der Waals surface area contributed by atoms with Crippen molar-refractivity contribution in [3.05, 3.63) is 0 Å². The minimum Gasteiger partial charge on any atom is -0.444 e. The van der Waals surface area contributed by atoms with E-state index in [0.29, 0.717) is 24.9 Å². The maximum Gasteiger partial charge on any atom is 0.410 e. The summed E-state index contributed by atoms with van der Waals surface area (Å²) in [6.45, 7) is 6.82. The highest BCUT2D eigenvalue weighted by Crippen LogP contribution is 2.51. The van der Waals surface area contributed by atoms with Gasteiger partial charge in [0.15, 0.2) is 0 Å². The molecule has 6 heteroatoms. The molecule has 6 nitrogen and oxygen atoms in total. The van der Waals surface area contributed by atoms with Gasteiger partial charge in [-0.2, -0.15) is 0 Å². The molecule has 3 atom stereocenters. The summed E-state index contributed by atoms with van der Waals surface area (Å²) in [5.41, 5.74) is 5.09. The highest BCUT2D eigenvalue weighted by atomic mass is 16.6. The number of hydrogen-bond acceptors (Lipinski definition) is 4. The van der Waals surface area contributed by atoms with Gasteiger partial charge < -0.3 is 20.6 Å². The van der Waals surface area contributed by atoms with Crippen LogP contribution in [0.4, 0.5) is 4.79 Å². The molecule has 2 fully saturated rings. The maximum absolute atomic E-state index is 11.8. The van der Waals surface area contributed by atoms with Gasteiger partial charge in [0, 0.05) is 19.0 Å². The number of oxime groups is 1. The topological polar surface area (TPSA) is 88.2 Å². The van der Waals surface area contributed by atoms with Gasteiger partial charge in [-0.05, 0) is 32.6 Å². The lowest BCUT2D eigenvalue weighted by atomic mass is 10.2. The summed E-state index contributed by atoms with van der Waals surface area (Å²) in [5.74, 6) is 1.08. The van der Waals surface area contributed by atoms with Gasteiger partial charge in [-0.3, -0.25) is 0 Å². The van der Waals surface area contributed by atoms with E-state index in [1.807, 2.05) is 20.8 Å². The average Bonchev–Trinajstić information content (AvgIpc) is 2.69. The Morgan fingerprint density at radius 1 is 1.41 bits per heavy atom. The molecule has 2 aliphatic rings. The lowest BCUT2D eigenvalue weighted by Crippen LogP contribution is -2.38. The summed E-state index contributed by atoms with van der Waals surface area (Å²) in [6, 6.07) is 0. The van der Waals surface area contributed by atoms with E-state index in [4.69, 9.17) is 15.7 Å². The number of amidine groups is 1. The lowest BCUT2D eigenvalue weighted by Gasteiger charge is -2.25. The molecule has 1 amide bonds. The van der Waals surface area contributed by atoms with Gasteiger partial charge in [-0.25, -0.2) is 4.79 Å². The number of fused-ring (bicyclic) bond motifs is 1. The summed E-state index contributed by atoms with van der Waals surface area (Å²) in [6.07, 6.45) is -0.275. The Morgan fingerprint density at radius 2 is 1.94 bits per heavy atom. The molecule has 1 aliphatic heterocycles. The number of hydrogen-bond donors (Lipinski definition) is 2. The van der Waals surface area contributed by atoms with E-state index >= 15 is 0 Å². The first-order valence-electron chi connectivity index (χ1n) is 5.79. The molecule has 3 N–H and O–H groups in total. The van der Waals surface area contributed by atoms with Crippen molar-refractivity contribution >= 4 is 11.9 Å². The van der Waals surface area contributed by atoms with Crippen LogP contribution in [0.2, 0.25) is 0 Å². The Balaban J connectivity index is 1.85. The van der Waals surface area contributed by atoms with Crippen molar-refractivity contribution in [3.63, 3.8) is 0 Å². The van der Waals surface area contributed by atoms with Crippen LogP contribution in [0.5, 0.6) is 0 Å². The number of likely N-dealkylation sites (tertiary alicyclic amines) is 1. The summed E-state index contributed by atoms with van der Waals surface area (Å²) in [5, 5.41) is 11.6. The predicted octanol–water partition coefficient (Wildman–Crippen LogP) is 0.846. The second kappa shape index (κ2) is 3.78. The van der Waals surface area contributed by atoms with Crippen LogP contribution in [0, 0.1) is 17.8 Å². The highest BCUT2D eigenvalue weighted by molar-refractivity contribution is 5.86. The molecule has 96 valence electrons.